The summed E-state index contributed by atoms with van der Waals surface area (Å²) in [6.45, 7) is 3.28. The maximum atomic E-state index is 10.8. The van der Waals surface area contributed by atoms with E-state index in [0.29, 0.717) is 5.56 Å². The molecule has 0 bridgehead atoms. The molecule has 0 fully saturated rings. The lowest BCUT2D eigenvalue weighted by atomic mass is 9.97. The molecular formula is C10H14N2O5. The molecule has 7 heteroatoms. The Hall–Kier alpha value is -1.86. The van der Waals surface area contributed by atoms with Crippen LogP contribution in [0.25, 0.3) is 0 Å². The van der Waals surface area contributed by atoms with Gasteiger partial charge in [0, 0.05) is 6.07 Å². The number of nitrogens with zero attached hydrogens (tertiary/aromatic N) is 1. The number of benzene rings is 1. The first-order chi connectivity index (χ1) is 7.83. The number of rotatable bonds is 4. The van der Waals surface area contributed by atoms with Gasteiger partial charge in [0.05, 0.1) is 12.0 Å². The van der Waals surface area contributed by atoms with Gasteiger partial charge in [-0.05, 0) is 25.5 Å². The summed E-state index contributed by atoms with van der Waals surface area (Å²) >= 11 is 0. The minimum atomic E-state index is -0.925. The average Bonchev–Trinajstić information content (AvgIpc) is 2.28. The van der Waals surface area contributed by atoms with Gasteiger partial charge >= 0.3 is 5.69 Å². The van der Waals surface area contributed by atoms with Gasteiger partial charge in [0.15, 0.2) is 5.75 Å². The lowest BCUT2D eigenvalue weighted by Gasteiger charge is -2.22. The molecule has 0 saturated carbocycles. The average molecular weight is 242 g/mol. The third-order valence-corrected chi connectivity index (χ3v) is 2.46. The summed E-state index contributed by atoms with van der Waals surface area (Å²) in [6, 6.07) is 2.64. The molecule has 1 rings (SSSR count). The molecule has 1 aromatic rings. The highest BCUT2D eigenvalue weighted by Crippen LogP contribution is 2.40. The number of phenolic OH excluding ortho intramolecular Hbond substituents is 1. The SMILES string of the molecule is COc1cc(C(C)(C)ON)cc([N+](=O)[O-])c1O. The zero-order valence-electron chi connectivity index (χ0n) is 9.76. The van der Waals surface area contributed by atoms with Crippen molar-refractivity contribution in [3.63, 3.8) is 0 Å². The smallest absolute Gasteiger partial charge is 0.315 e. The largest absolute Gasteiger partial charge is 0.500 e. The minimum absolute atomic E-state index is 0.000625. The fourth-order valence-electron chi connectivity index (χ4n) is 1.30. The molecule has 0 spiro atoms. The van der Waals surface area contributed by atoms with Crippen molar-refractivity contribution >= 4 is 5.69 Å². The van der Waals surface area contributed by atoms with E-state index in [1.165, 1.54) is 19.2 Å². The van der Waals surface area contributed by atoms with Crippen LogP contribution >= 0.6 is 0 Å². The van der Waals surface area contributed by atoms with Crippen molar-refractivity contribution in [2.45, 2.75) is 19.4 Å². The Morgan fingerprint density at radius 1 is 1.47 bits per heavy atom. The Kier molecular flexibility index (Phi) is 3.54. The van der Waals surface area contributed by atoms with Gasteiger partial charge in [0.1, 0.15) is 5.60 Å². The number of nitrogens with two attached hydrogens (primary N) is 1. The van der Waals surface area contributed by atoms with E-state index >= 15 is 0 Å². The van der Waals surface area contributed by atoms with Gasteiger partial charge in [0.2, 0.25) is 5.75 Å². The van der Waals surface area contributed by atoms with E-state index in [0.717, 1.165) is 0 Å². The molecule has 7 nitrogen and oxygen atoms in total. The predicted molar refractivity (Wildman–Crippen MR) is 59.6 cm³/mol. The molecule has 0 aromatic heterocycles. The monoisotopic (exact) mass is 242 g/mol. The van der Waals surface area contributed by atoms with E-state index in [-0.39, 0.29) is 5.75 Å². The van der Waals surface area contributed by atoms with Crippen LogP contribution in [0.5, 0.6) is 11.5 Å². The zero-order valence-corrected chi connectivity index (χ0v) is 9.76. The van der Waals surface area contributed by atoms with E-state index in [4.69, 9.17) is 15.5 Å². The highest BCUT2D eigenvalue weighted by atomic mass is 16.6. The maximum absolute atomic E-state index is 10.8. The molecule has 3 N–H and O–H groups in total. The van der Waals surface area contributed by atoms with E-state index < -0.39 is 22.0 Å². The first-order valence-electron chi connectivity index (χ1n) is 4.77. The Labute approximate surface area is 97.9 Å². The number of aromatic hydroxyl groups is 1. The minimum Gasteiger partial charge on any atom is -0.500 e. The Morgan fingerprint density at radius 3 is 2.47 bits per heavy atom. The number of hydrogen-bond donors (Lipinski definition) is 2. The van der Waals surface area contributed by atoms with Gasteiger partial charge in [-0.1, -0.05) is 0 Å². The molecule has 1 aromatic carbocycles. The number of nitro benzene ring substituents is 1. The highest BCUT2D eigenvalue weighted by molar-refractivity contribution is 5.58. The summed E-state index contributed by atoms with van der Waals surface area (Å²) in [5.74, 6) is 4.60. The van der Waals surface area contributed by atoms with Gasteiger partial charge in [-0.25, -0.2) is 5.90 Å². The molecule has 0 amide bonds. The second kappa shape index (κ2) is 4.56. The molecule has 0 aliphatic rings. The molecule has 94 valence electrons. The quantitative estimate of drug-likeness (QED) is 0.610. The topological polar surface area (TPSA) is 108 Å². The van der Waals surface area contributed by atoms with Crippen LogP contribution in [-0.2, 0) is 10.4 Å². The first kappa shape index (κ1) is 13.2. The number of methoxy groups -OCH3 is 1. The van der Waals surface area contributed by atoms with Crippen LogP contribution in [-0.4, -0.2) is 17.1 Å². The molecule has 0 heterocycles. The van der Waals surface area contributed by atoms with Crippen molar-refractivity contribution in [1.82, 2.24) is 0 Å². The standard InChI is InChI=1S/C10H14N2O5/c1-10(2,17-11)6-4-7(12(14)15)9(13)8(5-6)16-3/h4-5,13H,11H2,1-3H3. The second-order valence-corrected chi connectivity index (χ2v) is 3.93. The van der Waals surface area contributed by atoms with Crippen molar-refractivity contribution < 1.29 is 19.6 Å². The molecule has 0 unspecified atom stereocenters. The van der Waals surface area contributed by atoms with Crippen LogP contribution in [0.3, 0.4) is 0 Å². The molecular weight excluding hydrogens is 228 g/mol. The lowest BCUT2D eigenvalue weighted by Crippen LogP contribution is -2.25. The highest BCUT2D eigenvalue weighted by Gasteiger charge is 2.28. The molecule has 0 atom stereocenters. The summed E-state index contributed by atoms with van der Waals surface area (Å²) in [5, 5.41) is 20.4. The molecule has 0 aliphatic carbocycles. The summed E-state index contributed by atoms with van der Waals surface area (Å²) in [4.78, 5) is 14.8. The Balaban J connectivity index is 3.45. The molecule has 17 heavy (non-hydrogen) atoms. The first-order valence-corrected chi connectivity index (χ1v) is 4.77. The molecule has 0 aliphatic heterocycles. The van der Waals surface area contributed by atoms with Gasteiger partial charge in [-0.15, -0.1) is 0 Å². The summed E-state index contributed by atoms with van der Waals surface area (Å²) in [7, 11) is 1.30. The maximum Gasteiger partial charge on any atom is 0.315 e. The zero-order chi connectivity index (χ0) is 13.2. The van der Waals surface area contributed by atoms with E-state index in [2.05, 4.69) is 0 Å². The second-order valence-electron chi connectivity index (χ2n) is 3.93. The van der Waals surface area contributed by atoms with Crippen LogP contribution < -0.4 is 10.6 Å². The van der Waals surface area contributed by atoms with Gasteiger partial charge in [-0.2, -0.15) is 0 Å². The van der Waals surface area contributed by atoms with Crippen molar-refractivity contribution in [2.75, 3.05) is 7.11 Å². The number of hydrogen-bond acceptors (Lipinski definition) is 6. The Morgan fingerprint density at radius 2 is 2.06 bits per heavy atom. The van der Waals surface area contributed by atoms with E-state index in [1.54, 1.807) is 13.8 Å². The molecule has 0 radical (unpaired) electrons. The predicted octanol–water partition coefficient (Wildman–Crippen LogP) is 1.43. The number of nitro groups is 1. The summed E-state index contributed by atoms with van der Waals surface area (Å²) < 4.78 is 4.87. The van der Waals surface area contributed by atoms with Crippen LogP contribution in [0.15, 0.2) is 12.1 Å². The third-order valence-electron chi connectivity index (χ3n) is 2.46. The molecule has 0 saturated heterocycles. The number of phenols is 1. The van der Waals surface area contributed by atoms with E-state index in [9.17, 15) is 15.2 Å². The van der Waals surface area contributed by atoms with Gasteiger partial charge in [-0.3, -0.25) is 15.0 Å². The van der Waals surface area contributed by atoms with Crippen LogP contribution in [0, 0.1) is 10.1 Å². The van der Waals surface area contributed by atoms with E-state index in [1.807, 2.05) is 0 Å². The van der Waals surface area contributed by atoms with Gasteiger partial charge in [0.25, 0.3) is 0 Å². The van der Waals surface area contributed by atoms with Crippen LogP contribution in [0.1, 0.15) is 19.4 Å². The van der Waals surface area contributed by atoms with Crippen molar-refractivity contribution in [1.29, 1.82) is 0 Å². The third kappa shape index (κ3) is 2.45. The fraction of sp³-hybridized carbons (Fsp3) is 0.400. The fourth-order valence-corrected chi connectivity index (χ4v) is 1.30. The summed E-state index contributed by atoms with van der Waals surface area (Å²) in [5.41, 5.74) is -0.947. The normalized spacial score (nSPS) is 11.3. The summed E-state index contributed by atoms with van der Waals surface area (Å²) in [6.07, 6.45) is 0. The van der Waals surface area contributed by atoms with Gasteiger partial charge < -0.3 is 9.84 Å². The van der Waals surface area contributed by atoms with Crippen molar-refractivity contribution in [3.8, 4) is 11.5 Å². The lowest BCUT2D eigenvalue weighted by molar-refractivity contribution is -0.386. The number of ether oxygens (including phenoxy) is 1. The van der Waals surface area contributed by atoms with Crippen molar-refractivity contribution in [2.24, 2.45) is 5.90 Å². The van der Waals surface area contributed by atoms with Crippen LogP contribution in [0.2, 0.25) is 0 Å². The Bertz CT molecular complexity index is 445. The van der Waals surface area contributed by atoms with Crippen molar-refractivity contribution in [3.05, 3.63) is 27.8 Å². The van der Waals surface area contributed by atoms with Crippen LogP contribution in [0.4, 0.5) is 5.69 Å².